The highest BCUT2D eigenvalue weighted by Crippen LogP contribution is 2.34. The maximum Gasteiger partial charge on any atom is 0.257 e. The number of hydrogen-bond donors (Lipinski definition) is 3. The fourth-order valence-corrected chi connectivity index (χ4v) is 2.57. The Morgan fingerprint density at radius 3 is 2.54 bits per heavy atom. The van der Waals surface area contributed by atoms with Gasteiger partial charge in [0.1, 0.15) is 5.75 Å². The Bertz CT molecular complexity index is 761. The first kappa shape index (κ1) is 18.3. The zero-order valence-corrected chi connectivity index (χ0v) is 14.9. The topological polar surface area (TPSA) is 70.6 Å². The third-order valence-electron chi connectivity index (χ3n) is 2.91. The molecular formula is C16H14Cl2N2O3S. The number of phenolic OH excluding ortho intramolecular Hbond substituents is 1. The summed E-state index contributed by atoms with van der Waals surface area (Å²) >= 11 is 16.8. The summed E-state index contributed by atoms with van der Waals surface area (Å²) in [6.07, 6.45) is 0. The summed E-state index contributed by atoms with van der Waals surface area (Å²) in [6.45, 7) is 2.37. The van der Waals surface area contributed by atoms with Crippen LogP contribution in [0.15, 0.2) is 36.4 Å². The maximum atomic E-state index is 12.2. The van der Waals surface area contributed by atoms with Crippen molar-refractivity contribution >= 4 is 52.1 Å². The number of hydrogen-bond acceptors (Lipinski definition) is 4. The Balaban J connectivity index is 2.04. The standard InChI is InChI=1S/C16H14Cl2N2O3S/c1-2-23-11-5-3-4-9(6-11)15(22)20-16(24)19-10-7-12(17)14(21)13(18)8-10/h3-8,21H,2H2,1H3,(H2,19,20,22,24). The van der Waals surface area contributed by atoms with Crippen molar-refractivity contribution in [1.82, 2.24) is 5.32 Å². The van der Waals surface area contributed by atoms with E-state index in [1.54, 1.807) is 24.3 Å². The first-order valence-electron chi connectivity index (χ1n) is 6.94. The van der Waals surface area contributed by atoms with Crippen LogP contribution in [0.3, 0.4) is 0 Å². The Hall–Kier alpha value is -2.02. The van der Waals surface area contributed by atoms with E-state index in [1.807, 2.05) is 6.92 Å². The van der Waals surface area contributed by atoms with Crippen molar-refractivity contribution in [1.29, 1.82) is 0 Å². The number of rotatable bonds is 4. The molecule has 0 heterocycles. The van der Waals surface area contributed by atoms with E-state index < -0.39 is 0 Å². The Kier molecular flexibility index (Phi) is 6.25. The molecule has 2 rings (SSSR count). The molecular weight excluding hydrogens is 371 g/mol. The van der Waals surface area contributed by atoms with Crippen molar-refractivity contribution in [3.8, 4) is 11.5 Å². The molecule has 8 heteroatoms. The molecule has 0 fully saturated rings. The van der Waals surface area contributed by atoms with E-state index >= 15 is 0 Å². The summed E-state index contributed by atoms with van der Waals surface area (Å²) < 4.78 is 5.35. The number of amides is 1. The van der Waals surface area contributed by atoms with Gasteiger partial charge in [-0.15, -0.1) is 0 Å². The van der Waals surface area contributed by atoms with Gasteiger partial charge < -0.3 is 15.2 Å². The monoisotopic (exact) mass is 384 g/mol. The molecule has 2 aromatic rings. The molecule has 0 aromatic heterocycles. The van der Waals surface area contributed by atoms with Gasteiger partial charge in [0.25, 0.3) is 5.91 Å². The number of phenols is 1. The largest absolute Gasteiger partial charge is 0.505 e. The highest BCUT2D eigenvalue weighted by molar-refractivity contribution is 7.80. The minimum absolute atomic E-state index is 0.0691. The minimum atomic E-state index is -0.384. The molecule has 0 atom stereocenters. The van der Waals surface area contributed by atoms with E-state index in [-0.39, 0.29) is 26.8 Å². The van der Waals surface area contributed by atoms with Gasteiger partial charge in [-0.05, 0) is 49.5 Å². The van der Waals surface area contributed by atoms with Crippen LogP contribution in [0.4, 0.5) is 5.69 Å². The molecule has 0 aliphatic heterocycles. The fraction of sp³-hybridized carbons (Fsp3) is 0.125. The van der Waals surface area contributed by atoms with Gasteiger partial charge in [-0.25, -0.2) is 0 Å². The molecule has 0 radical (unpaired) electrons. The molecule has 2 aromatic carbocycles. The van der Waals surface area contributed by atoms with E-state index in [2.05, 4.69) is 10.6 Å². The number of nitrogens with one attached hydrogen (secondary N) is 2. The van der Waals surface area contributed by atoms with Crippen molar-refractivity contribution in [2.75, 3.05) is 11.9 Å². The second-order valence-electron chi connectivity index (χ2n) is 4.66. The average molecular weight is 385 g/mol. The van der Waals surface area contributed by atoms with Crippen LogP contribution in [0.2, 0.25) is 10.0 Å². The molecule has 3 N–H and O–H groups in total. The van der Waals surface area contributed by atoms with Crippen LogP contribution in [0.1, 0.15) is 17.3 Å². The van der Waals surface area contributed by atoms with E-state index in [1.165, 1.54) is 12.1 Å². The molecule has 1 amide bonds. The van der Waals surface area contributed by atoms with Crippen LogP contribution in [-0.2, 0) is 0 Å². The third-order valence-corrected chi connectivity index (χ3v) is 3.69. The predicted molar refractivity (Wildman–Crippen MR) is 99.4 cm³/mol. The van der Waals surface area contributed by atoms with E-state index in [9.17, 15) is 9.90 Å². The fourth-order valence-electron chi connectivity index (χ4n) is 1.87. The molecule has 126 valence electrons. The minimum Gasteiger partial charge on any atom is -0.505 e. The van der Waals surface area contributed by atoms with Crippen molar-refractivity contribution in [3.63, 3.8) is 0 Å². The first-order chi connectivity index (χ1) is 11.4. The van der Waals surface area contributed by atoms with E-state index in [4.69, 9.17) is 40.2 Å². The number of ether oxygens (including phenoxy) is 1. The molecule has 0 unspecified atom stereocenters. The number of carbonyl (C=O) groups excluding carboxylic acids is 1. The zero-order chi connectivity index (χ0) is 17.7. The van der Waals surface area contributed by atoms with Crippen LogP contribution in [0, 0.1) is 0 Å². The van der Waals surface area contributed by atoms with Gasteiger partial charge >= 0.3 is 0 Å². The molecule has 0 saturated heterocycles. The van der Waals surface area contributed by atoms with Gasteiger partial charge in [0.15, 0.2) is 10.9 Å². The molecule has 0 spiro atoms. The van der Waals surface area contributed by atoms with Crippen LogP contribution in [0.5, 0.6) is 11.5 Å². The number of carbonyl (C=O) groups is 1. The maximum absolute atomic E-state index is 12.2. The normalized spacial score (nSPS) is 10.1. The van der Waals surface area contributed by atoms with Crippen molar-refractivity contribution in [3.05, 3.63) is 52.0 Å². The molecule has 5 nitrogen and oxygen atoms in total. The van der Waals surface area contributed by atoms with E-state index in [0.29, 0.717) is 23.6 Å². The lowest BCUT2D eigenvalue weighted by Gasteiger charge is -2.11. The highest BCUT2D eigenvalue weighted by Gasteiger charge is 2.11. The van der Waals surface area contributed by atoms with Crippen molar-refractivity contribution < 1.29 is 14.6 Å². The quantitative estimate of drug-likeness (QED) is 0.543. The van der Waals surface area contributed by atoms with Gasteiger partial charge in [0, 0.05) is 11.3 Å². The number of benzene rings is 2. The number of halogens is 2. The summed E-state index contributed by atoms with van der Waals surface area (Å²) in [6, 6.07) is 9.63. The van der Waals surface area contributed by atoms with Gasteiger partial charge in [-0.3, -0.25) is 10.1 Å². The zero-order valence-electron chi connectivity index (χ0n) is 12.6. The van der Waals surface area contributed by atoms with Crippen LogP contribution in [-0.4, -0.2) is 22.7 Å². The van der Waals surface area contributed by atoms with Gasteiger partial charge in [0.2, 0.25) is 0 Å². The Morgan fingerprint density at radius 1 is 1.25 bits per heavy atom. The summed E-state index contributed by atoms with van der Waals surface area (Å²) in [5.74, 6) is -0.00210. The lowest BCUT2D eigenvalue weighted by molar-refractivity contribution is 0.0977. The number of anilines is 1. The second-order valence-corrected chi connectivity index (χ2v) is 5.88. The smallest absolute Gasteiger partial charge is 0.257 e. The molecule has 0 aliphatic carbocycles. The van der Waals surface area contributed by atoms with Crippen LogP contribution >= 0.6 is 35.4 Å². The Labute approximate surface area is 154 Å². The molecule has 24 heavy (non-hydrogen) atoms. The summed E-state index contributed by atoms with van der Waals surface area (Å²) in [5.41, 5.74) is 0.850. The second kappa shape index (κ2) is 8.19. The van der Waals surface area contributed by atoms with Gasteiger partial charge in [-0.1, -0.05) is 29.3 Å². The van der Waals surface area contributed by atoms with Gasteiger partial charge in [-0.2, -0.15) is 0 Å². The van der Waals surface area contributed by atoms with Crippen molar-refractivity contribution in [2.24, 2.45) is 0 Å². The third kappa shape index (κ3) is 4.74. The lowest BCUT2D eigenvalue weighted by atomic mass is 10.2. The molecule has 0 aliphatic rings. The van der Waals surface area contributed by atoms with Crippen LogP contribution < -0.4 is 15.4 Å². The number of aromatic hydroxyl groups is 1. The summed E-state index contributed by atoms with van der Waals surface area (Å²) in [4.78, 5) is 12.2. The molecule has 0 saturated carbocycles. The Morgan fingerprint density at radius 2 is 1.92 bits per heavy atom. The highest BCUT2D eigenvalue weighted by atomic mass is 35.5. The van der Waals surface area contributed by atoms with Gasteiger partial charge in [0.05, 0.1) is 16.7 Å². The average Bonchev–Trinajstić information content (AvgIpc) is 2.53. The van der Waals surface area contributed by atoms with E-state index in [0.717, 1.165) is 0 Å². The lowest BCUT2D eigenvalue weighted by Crippen LogP contribution is -2.34. The SMILES string of the molecule is CCOc1cccc(C(=O)NC(=S)Nc2cc(Cl)c(O)c(Cl)c2)c1. The summed E-state index contributed by atoms with van der Waals surface area (Å²) in [7, 11) is 0. The molecule has 0 bridgehead atoms. The predicted octanol–water partition coefficient (Wildman–Crippen LogP) is 4.22. The van der Waals surface area contributed by atoms with Crippen molar-refractivity contribution in [2.45, 2.75) is 6.92 Å². The van der Waals surface area contributed by atoms with Crippen LogP contribution in [0.25, 0.3) is 0 Å². The summed E-state index contributed by atoms with van der Waals surface area (Å²) in [5, 5.41) is 15.1. The number of thiocarbonyl (C=S) groups is 1. The first-order valence-corrected chi connectivity index (χ1v) is 8.10.